The monoisotopic (exact) mass is 238 g/mol. The lowest BCUT2D eigenvalue weighted by Gasteiger charge is -2.09. The van der Waals surface area contributed by atoms with Crippen LogP contribution in [0.1, 0.15) is 38.8 Å². The Balaban J connectivity index is 2.07. The number of nitrogens with one attached hydrogen (secondary N) is 1. The predicted octanol–water partition coefficient (Wildman–Crippen LogP) is 2.80. The molecular weight excluding hydrogens is 212 g/mol. The van der Waals surface area contributed by atoms with Gasteiger partial charge in [0.2, 0.25) is 0 Å². The molecule has 1 heterocycles. The molecule has 0 amide bonds. The summed E-state index contributed by atoms with van der Waals surface area (Å²) in [6.45, 7) is 9.07. The highest BCUT2D eigenvalue weighted by Crippen LogP contribution is 2.02. The van der Waals surface area contributed by atoms with Crippen LogP contribution in [-0.2, 0) is 17.8 Å². The van der Waals surface area contributed by atoms with Crippen LogP contribution >= 0.6 is 0 Å². The molecule has 98 valence electrons. The second-order valence-corrected chi connectivity index (χ2v) is 4.34. The molecule has 0 aliphatic carbocycles. The molecule has 0 saturated carbocycles. The minimum Gasteiger partial charge on any atom is -0.380 e. The molecule has 0 spiro atoms. The Morgan fingerprint density at radius 1 is 1.24 bits per heavy atom. The van der Waals surface area contributed by atoms with Crippen LogP contribution in [0.5, 0.6) is 0 Å². The highest BCUT2D eigenvalue weighted by atomic mass is 16.5. The van der Waals surface area contributed by atoms with Gasteiger partial charge in [0.25, 0.3) is 0 Å². The lowest BCUT2D eigenvalue weighted by Crippen LogP contribution is -2.21. The Bertz CT molecular complexity index is 284. The first-order valence-corrected chi connectivity index (χ1v) is 6.81. The number of nitrogens with zero attached hydrogens (tertiary/aromatic N) is 1. The zero-order chi connectivity index (χ0) is 12.3. The normalized spacial score (nSPS) is 10.9. The van der Waals surface area contributed by atoms with E-state index in [0.717, 1.165) is 32.8 Å². The number of aromatic nitrogens is 1. The molecule has 0 radical (unpaired) electrons. The highest BCUT2D eigenvalue weighted by molar-refractivity contribution is 5.06. The van der Waals surface area contributed by atoms with Crippen molar-refractivity contribution in [1.82, 2.24) is 9.88 Å². The predicted molar refractivity (Wildman–Crippen MR) is 72.2 cm³/mol. The fraction of sp³-hybridized carbons (Fsp3) is 0.714. The number of rotatable bonds is 10. The van der Waals surface area contributed by atoms with E-state index < -0.39 is 0 Å². The van der Waals surface area contributed by atoms with Crippen molar-refractivity contribution in [3.63, 3.8) is 0 Å². The van der Waals surface area contributed by atoms with Gasteiger partial charge in [-0.25, -0.2) is 0 Å². The van der Waals surface area contributed by atoms with Crippen LogP contribution in [0.15, 0.2) is 18.3 Å². The van der Waals surface area contributed by atoms with Crippen LogP contribution in [-0.4, -0.2) is 24.3 Å². The van der Waals surface area contributed by atoms with Crippen LogP contribution < -0.4 is 5.32 Å². The second-order valence-electron chi connectivity index (χ2n) is 4.34. The van der Waals surface area contributed by atoms with E-state index in [0.29, 0.717) is 0 Å². The van der Waals surface area contributed by atoms with E-state index in [1.165, 1.54) is 25.0 Å². The number of hydrogen-bond acceptors (Lipinski definition) is 2. The molecule has 1 aromatic heterocycles. The summed E-state index contributed by atoms with van der Waals surface area (Å²) >= 11 is 0. The van der Waals surface area contributed by atoms with Crippen LogP contribution in [0.2, 0.25) is 0 Å². The van der Waals surface area contributed by atoms with Gasteiger partial charge in [-0.3, -0.25) is 0 Å². The summed E-state index contributed by atoms with van der Waals surface area (Å²) in [4.78, 5) is 0. The molecule has 1 aromatic rings. The summed E-state index contributed by atoms with van der Waals surface area (Å²) < 4.78 is 7.81. The van der Waals surface area contributed by atoms with Crippen molar-refractivity contribution >= 4 is 0 Å². The number of aryl methyl sites for hydroxylation is 1. The summed E-state index contributed by atoms with van der Waals surface area (Å²) in [6.07, 6.45) is 5.71. The summed E-state index contributed by atoms with van der Waals surface area (Å²) in [7, 11) is 0. The Labute approximate surface area is 105 Å². The van der Waals surface area contributed by atoms with Gasteiger partial charge in [0.05, 0.1) is 6.61 Å². The van der Waals surface area contributed by atoms with Crippen LogP contribution in [0.25, 0.3) is 0 Å². The van der Waals surface area contributed by atoms with Gasteiger partial charge in [-0.1, -0.05) is 20.3 Å². The number of ether oxygens (including phenoxy) is 1. The molecule has 1 N–H and O–H groups in total. The Morgan fingerprint density at radius 2 is 2.12 bits per heavy atom. The third-order valence-electron chi connectivity index (χ3n) is 2.76. The molecule has 0 fully saturated rings. The van der Waals surface area contributed by atoms with Crippen molar-refractivity contribution in [3.05, 3.63) is 24.0 Å². The van der Waals surface area contributed by atoms with Crippen molar-refractivity contribution in [2.45, 2.75) is 46.2 Å². The average Bonchev–Trinajstić information content (AvgIpc) is 2.76. The molecular formula is C14H26N2O. The van der Waals surface area contributed by atoms with Gasteiger partial charge in [0, 0.05) is 38.1 Å². The van der Waals surface area contributed by atoms with E-state index in [2.05, 4.69) is 42.1 Å². The molecule has 0 aromatic carbocycles. The largest absolute Gasteiger partial charge is 0.380 e. The highest BCUT2D eigenvalue weighted by Gasteiger charge is 1.98. The van der Waals surface area contributed by atoms with Gasteiger partial charge in [-0.2, -0.15) is 0 Å². The van der Waals surface area contributed by atoms with Gasteiger partial charge >= 0.3 is 0 Å². The quantitative estimate of drug-likeness (QED) is 0.634. The molecule has 1 rings (SSSR count). The Morgan fingerprint density at radius 3 is 2.88 bits per heavy atom. The van der Waals surface area contributed by atoms with Crippen molar-refractivity contribution in [2.24, 2.45) is 0 Å². The van der Waals surface area contributed by atoms with E-state index in [9.17, 15) is 0 Å². The zero-order valence-corrected chi connectivity index (χ0v) is 11.2. The topological polar surface area (TPSA) is 26.2 Å². The summed E-state index contributed by atoms with van der Waals surface area (Å²) in [5, 5.41) is 3.42. The first-order chi connectivity index (χ1) is 8.38. The van der Waals surface area contributed by atoms with E-state index in [1.807, 2.05) is 0 Å². The average molecular weight is 238 g/mol. The maximum atomic E-state index is 5.50. The summed E-state index contributed by atoms with van der Waals surface area (Å²) in [6, 6.07) is 4.30. The number of unbranched alkanes of at least 4 members (excludes halogenated alkanes) is 1. The second kappa shape index (κ2) is 9.25. The molecule has 0 aliphatic rings. The van der Waals surface area contributed by atoms with Crippen molar-refractivity contribution in [3.8, 4) is 0 Å². The van der Waals surface area contributed by atoms with Crippen LogP contribution in [0.4, 0.5) is 0 Å². The van der Waals surface area contributed by atoms with Crippen LogP contribution in [0.3, 0.4) is 0 Å². The Kier molecular flexibility index (Phi) is 7.76. The minimum absolute atomic E-state index is 0.814. The smallest absolute Gasteiger partial charge is 0.0591 e. The van der Waals surface area contributed by atoms with E-state index in [4.69, 9.17) is 4.74 Å². The van der Waals surface area contributed by atoms with E-state index in [-0.39, 0.29) is 0 Å². The molecule has 0 atom stereocenters. The van der Waals surface area contributed by atoms with Crippen molar-refractivity contribution in [1.29, 1.82) is 0 Å². The first kappa shape index (κ1) is 14.3. The van der Waals surface area contributed by atoms with Gasteiger partial charge in [0.1, 0.15) is 0 Å². The fourth-order valence-corrected chi connectivity index (χ4v) is 1.78. The van der Waals surface area contributed by atoms with Crippen LogP contribution in [0, 0.1) is 0 Å². The molecule has 3 nitrogen and oxygen atoms in total. The SMILES string of the molecule is CCCCOCCNCc1cccn1CCC. The lowest BCUT2D eigenvalue weighted by atomic mass is 10.4. The molecule has 0 aliphatic heterocycles. The van der Waals surface area contributed by atoms with E-state index in [1.54, 1.807) is 0 Å². The van der Waals surface area contributed by atoms with Gasteiger partial charge in [-0.15, -0.1) is 0 Å². The molecule has 3 heteroatoms. The van der Waals surface area contributed by atoms with Crippen molar-refractivity contribution in [2.75, 3.05) is 19.8 Å². The molecule has 0 saturated heterocycles. The van der Waals surface area contributed by atoms with Crippen molar-refractivity contribution < 1.29 is 4.74 Å². The first-order valence-electron chi connectivity index (χ1n) is 6.81. The van der Waals surface area contributed by atoms with E-state index >= 15 is 0 Å². The third-order valence-corrected chi connectivity index (χ3v) is 2.76. The standard InChI is InChI=1S/C14H26N2O/c1-3-5-11-17-12-8-15-13-14-7-6-10-16(14)9-4-2/h6-7,10,15H,3-5,8-9,11-13H2,1-2H3. The van der Waals surface area contributed by atoms with Gasteiger partial charge in [0.15, 0.2) is 0 Å². The van der Waals surface area contributed by atoms with Gasteiger partial charge in [-0.05, 0) is 25.0 Å². The van der Waals surface area contributed by atoms with Gasteiger partial charge < -0.3 is 14.6 Å². The third kappa shape index (κ3) is 5.89. The number of hydrogen-bond donors (Lipinski definition) is 1. The summed E-state index contributed by atoms with van der Waals surface area (Å²) in [5.41, 5.74) is 1.36. The lowest BCUT2D eigenvalue weighted by molar-refractivity contribution is 0.132. The fourth-order valence-electron chi connectivity index (χ4n) is 1.78. The summed E-state index contributed by atoms with van der Waals surface area (Å²) in [5.74, 6) is 0. The minimum atomic E-state index is 0.814. The maximum absolute atomic E-state index is 5.50. The molecule has 0 unspecified atom stereocenters. The molecule has 0 bridgehead atoms. The zero-order valence-electron chi connectivity index (χ0n) is 11.2. The maximum Gasteiger partial charge on any atom is 0.0591 e. The molecule has 17 heavy (non-hydrogen) atoms. The Hall–Kier alpha value is -0.800.